The van der Waals surface area contributed by atoms with Crippen molar-refractivity contribution in [2.75, 3.05) is 0 Å². The Morgan fingerprint density at radius 2 is 0.900 bits per heavy atom. The molecule has 0 nitrogen and oxygen atoms in total. The SMILES string of the molecule is CCCCCCCCC.[Pt]. The predicted molar refractivity (Wildman–Crippen MR) is 43.7 cm³/mol. The molecule has 0 aliphatic heterocycles. The van der Waals surface area contributed by atoms with Crippen LogP contribution in [0.2, 0.25) is 0 Å². The van der Waals surface area contributed by atoms with Crippen molar-refractivity contribution in [3.8, 4) is 0 Å². The van der Waals surface area contributed by atoms with Gasteiger partial charge in [0.1, 0.15) is 0 Å². The molecular weight excluding hydrogens is 303 g/mol. The Morgan fingerprint density at radius 1 is 0.600 bits per heavy atom. The minimum absolute atomic E-state index is 0. The third kappa shape index (κ3) is 11.5. The van der Waals surface area contributed by atoms with Gasteiger partial charge in [0.15, 0.2) is 0 Å². The van der Waals surface area contributed by atoms with Gasteiger partial charge in [0, 0.05) is 21.1 Å². The Labute approximate surface area is 80.0 Å². The zero-order valence-electron chi connectivity index (χ0n) is 7.27. The Kier molecular flexibility index (Phi) is 16.4. The van der Waals surface area contributed by atoms with Gasteiger partial charge in [-0.15, -0.1) is 0 Å². The van der Waals surface area contributed by atoms with Gasteiger partial charge in [0.05, 0.1) is 0 Å². The molecule has 0 atom stereocenters. The molecule has 0 heterocycles. The van der Waals surface area contributed by atoms with Crippen molar-refractivity contribution in [2.24, 2.45) is 0 Å². The molecule has 0 amide bonds. The molecule has 66 valence electrons. The van der Waals surface area contributed by atoms with E-state index in [1.165, 1.54) is 44.9 Å². The molecule has 0 rings (SSSR count). The summed E-state index contributed by atoms with van der Waals surface area (Å²) in [6, 6.07) is 0. The van der Waals surface area contributed by atoms with E-state index in [4.69, 9.17) is 0 Å². The summed E-state index contributed by atoms with van der Waals surface area (Å²) in [5, 5.41) is 0. The number of hydrogen-bond donors (Lipinski definition) is 0. The Balaban J connectivity index is 0. The molecule has 0 saturated heterocycles. The fourth-order valence-corrected chi connectivity index (χ4v) is 1.03. The molecule has 0 fully saturated rings. The summed E-state index contributed by atoms with van der Waals surface area (Å²) >= 11 is 0. The van der Waals surface area contributed by atoms with E-state index < -0.39 is 0 Å². The normalized spacial score (nSPS) is 9.00. The van der Waals surface area contributed by atoms with Gasteiger partial charge >= 0.3 is 0 Å². The molecule has 0 saturated carbocycles. The molecule has 0 radical (unpaired) electrons. The summed E-state index contributed by atoms with van der Waals surface area (Å²) in [4.78, 5) is 0. The maximum Gasteiger partial charge on any atom is 0 e. The second kappa shape index (κ2) is 12.4. The Bertz CT molecular complexity index is 38.0. The quantitative estimate of drug-likeness (QED) is 0.653. The van der Waals surface area contributed by atoms with Gasteiger partial charge < -0.3 is 0 Å². The van der Waals surface area contributed by atoms with Crippen molar-refractivity contribution in [3.63, 3.8) is 0 Å². The number of unbranched alkanes of at least 4 members (excludes halogenated alkanes) is 6. The average Bonchev–Trinajstić information content (AvgIpc) is 1.89. The van der Waals surface area contributed by atoms with Crippen LogP contribution in [0.25, 0.3) is 0 Å². The smallest absolute Gasteiger partial charge is 0 e. The summed E-state index contributed by atoms with van der Waals surface area (Å²) in [5.74, 6) is 0. The van der Waals surface area contributed by atoms with E-state index in [0.717, 1.165) is 0 Å². The van der Waals surface area contributed by atoms with Gasteiger partial charge in [0.2, 0.25) is 0 Å². The van der Waals surface area contributed by atoms with Crippen molar-refractivity contribution >= 4 is 0 Å². The predicted octanol–water partition coefficient (Wildman–Crippen LogP) is 3.75. The molecule has 0 aliphatic rings. The van der Waals surface area contributed by atoms with Gasteiger partial charge in [-0.25, -0.2) is 0 Å². The first kappa shape index (κ1) is 13.3. The van der Waals surface area contributed by atoms with Crippen LogP contribution in [0, 0.1) is 0 Å². The molecule has 1 heteroatoms. The minimum Gasteiger partial charge on any atom is -0.0654 e. The fourth-order valence-electron chi connectivity index (χ4n) is 1.03. The molecule has 0 aromatic carbocycles. The van der Waals surface area contributed by atoms with Crippen LogP contribution in [0.1, 0.15) is 58.8 Å². The van der Waals surface area contributed by atoms with Gasteiger partial charge in [0.25, 0.3) is 0 Å². The van der Waals surface area contributed by atoms with E-state index >= 15 is 0 Å². The van der Waals surface area contributed by atoms with Crippen LogP contribution < -0.4 is 0 Å². The van der Waals surface area contributed by atoms with Gasteiger partial charge in [-0.3, -0.25) is 0 Å². The Morgan fingerprint density at radius 3 is 1.20 bits per heavy atom. The molecule has 0 N–H and O–H groups in total. The maximum absolute atomic E-state index is 2.26. The monoisotopic (exact) mass is 323 g/mol. The number of rotatable bonds is 6. The van der Waals surface area contributed by atoms with Crippen molar-refractivity contribution in [1.82, 2.24) is 0 Å². The van der Waals surface area contributed by atoms with Crippen LogP contribution in [0.4, 0.5) is 0 Å². The van der Waals surface area contributed by atoms with E-state index in [1.54, 1.807) is 0 Å². The molecule has 0 aromatic heterocycles. The van der Waals surface area contributed by atoms with Crippen LogP contribution in [-0.4, -0.2) is 0 Å². The first-order valence-electron chi connectivity index (χ1n) is 4.41. The van der Waals surface area contributed by atoms with Gasteiger partial charge in [-0.1, -0.05) is 58.8 Å². The second-order valence-corrected chi connectivity index (χ2v) is 2.77. The van der Waals surface area contributed by atoms with Crippen molar-refractivity contribution in [2.45, 2.75) is 58.8 Å². The molecule has 0 aromatic rings. The first-order valence-corrected chi connectivity index (χ1v) is 4.41. The van der Waals surface area contributed by atoms with Gasteiger partial charge in [-0.05, 0) is 0 Å². The summed E-state index contributed by atoms with van der Waals surface area (Å²) < 4.78 is 0. The van der Waals surface area contributed by atoms with Crippen molar-refractivity contribution < 1.29 is 21.1 Å². The average molecular weight is 323 g/mol. The summed E-state index contributed by atoms with van der Waals surface area (Å²) in [6.45, 7) is 4.53. The summed E-state index contributed by atoms with van der Waals surface area (Å²) in [5.41, 5.74) is 0. The van der Waals surface area contributed by atoms with Crippen LogP contribution in [0.3, 0.4) is 0 Å². The van der Waals surface area contributed by atoms with Crippen LogP contribution in [0.5, 0.6) is 0 Å². The largest absolute Gasteiger partial charge is 0.0654 e. The van der Waals surface area contributed by atoms with E-state index in [-0.39, 0.29) is 21.1 Å². The summed E-state index contributed by atoms with van der Waals surface area (Å²) in [6.07, 6.45) is 9.97. The van der Waals surface area contributed by atoms with E-state index in [2.05, 4.69) is 13.8 Å². The molecule has 0 spiro atoms. The third-order valence-electron chi connectivity index (χ3n) is 1.71. The zero-order chi connectivity index (χ0) is 6.95. The Hall–Kier alpha value is 0.688. The second-order valence-electron chi connectivity index (χ2n) is 2.77. The number of hydrogen-bond acceptors (Lipinski definition) is 0. The standard InChI is InChI=1S/C9H20.Pt/c1-3-5-7-9-8-6-4-2;/h3-9H2,1-2H3;. The minimum atomic E-state index is 0. The molecular formula is C9H20Pt. The molecule has 10 heavy (non-hydrogen) atoms. The fraction of sp³-hybridized carbons (Fsp3) is 1.00. The first-order chi connectivity index (χ1) is 4.41. The van der Waals surface area contributed by atoms with E-state index in [0.29, 0.717) is 0 Å². The summed E-state index contributed by atoms with van der Waals surface area (Å²) in [7, 11) is 0. The zero-order valence-corrected chi connectivity index (χ0v) is 9.54. The third-order valence-corrected chi connectivity index (χ3v) is 1.71. The van der Waals surface area contributed by atoms with Crippen molar-refractivity contribution in [1.29, 1.82) is 0 Å². The van der Waals surface area contributed by atoms with Crippen LogP contribution >= 0.6 is 0 Å². The molecule has 0 bridgehead atoms. The molecule has 0 aliphatic carbocycles. The van der Waals surface area contributed by atoms with Gasteiger partial charge in [-0.2, -0.15) is 0 Å². The maximum atomic E-state index is 2.26. The van der Waals surface area contributed by atoms with Crippen LogP contribution in [0.15, 0.2) is 0 Å². The van der Waals surface area contributed by atoms with E-state index in [9.17, 15) is 0 Å². The van der Waals surface area contributed by atoms with Crippen molar-refractivity contribution in [3.05, 3.63) is 0 Å². The van der Waals surface area contributed by atoms with Crippen LogP contribution in [-0.2, 0) is 21.1 Å². The van der Waals surface area contributed by atoms with E-state index in [1.807, 2.05) is 0 Å². The molecule has 0 unspecified atom stereocenters. The topological polar surface area (TPSA) is 0 Å².